The van der Waals surface area contributed by atoms with Crippen LogP contribution in [0.4, 0.5) is 0 Å². The van der Waals surface area contributed by atoms with Crippen molar-refractivity contribution in [3.63, 3.8) is 0 Å². The first kappa shape index (κ1) is 15.0. The van der Waals surface area contributed by atoms with E-state index in [0.717, 1.165) is 29.5 Å². The van der Waals surface area contributed by atoms with Crippen LogP contribution in [0.3, 0.4) is 0 Å². The van der Waals surface area contributed by atoms with Crippen LogP contribution in [-0.2, 0) is 6.42 Å². The molecule has 1 amide bonds. The third-order valence-electron chi connectivity index (χ3n) is 3.97. The van der Waals surface area contributed by atoms with Gasteiger partial charge in [0.1, 0.15) is 0 Å². The van der Waals surface area contributed by atoms with Crippen LogP contribution in [0.5, 0.6) is 0 Å². The minimum atomic E-state index is -0.415. The molecule has 0 aromatic heterocycles. The number of amides is 1. The molecule has 0 heterocycles. The Balaban J connectivity index is 2.07. The van der Waals surface area contributed by atoms with Crippen molar-refractivity contribution in [2.24, 2.45) is 16.5 Å². The molecule has 2 aromatic carbocycles. The second-order valence-electron chi connectivity index (χ2n) is 5.74. The highest BCUT2D eigenvalue weighted by Crippen LogP contribution is 2.32. The molecule has 0 saturated heterocycles. The molecule has 4 N–H and O–H groups in total. The van der Waals surface area contributed by atoms with Crippen LogP contribution < -0.4 is 11.5 Å². The summed E-state index contributed by atoms with van der Waals surface area (Å²) in [5.41, 5.74) is 17.0. The molecular formula is C19H19N3O. The lowest BCUT2D eigenvalue weighted by molar-refractivity contribution is 0.100. The van der Waals surface area contributed by atoms with Crippen molar-refractivity contribution in [3.05, 3.63) is 76.4 Å². The van der Waals surface area contributed by atoms with Gasteiger partial charge in [0.25, 0.3) is 5.91 Å². The van der Waals surface area contributed by atoms with Crippen LogP contribution in [0.1, 0.15) is 39.0 Å². The summed E-state index contributed by atoms with van der Waals surface area (Å²) in [6, 6.07) is 14.0. The van der Waals surface area contributed by atoms with Gasteiger partial charge < -0.3 is 11.5 Å². The first-order valence-corrected chi connectivity index (χ1v) is 7.59. The third-order valence-corrected chi connectivity index (χ3v) is 3.97. The molecule has 0 fully saturated rings. The van der Waals surface area contributed by atoms with Crippen molar-refractivity contribution in [1.82, 2.24) is 0 Å². The van der Waals surface area contributed by atoms with Gasteiger partial charge in [-0.15, -0.1) is 0 Å². The van der Waals surface area contributed by atoms with E-state index in [1.807, 2.05) is 18.2 Å². The largest absolute Gasteiger partial charge is 0.370 e. The minimum Gasteiger partial charge on any atom is -0.370 e. The normalized spacial score (nSPS) is 13.0. The van der Waals surface area contributed by atoms with E-state index in [1.54, 1.807) is 6.07 Å². The quantitative estimate of drug-likeness (QED) is 0.661. The summed E-state index contributed by atoms with van der Waals surface area (Å²) in [6.07, 6.45) is 4.20. The zero-order valence-corrected chi connectivity index (χ0v) is 13.0. The Morgan fingerprint density at radius 1 is 1.13 bits per heavy atom. The van der Waals surface area contributed by atoms with Gasteiger partial charge in [0.15, 0.2) is 5.96 Å². The SMILES string of the molecule is Cc1cccc(C2=CCCc3ccc(C(=O)N=C(N)N)cc32)c1. The smallest absolute Gasteiger partial charge is 0.280 e. The van der Waals surface area contributed by atoms with E-state index >= 15 is 0 Å². The van der Waals surface area contributed by atoms with E-state index in [9.17, 15) is 4.79 Å². The number of guanidine groups is 1. The molecule has 0 atom stereocenters. The highest BCUT2D eigenvalue weighted by molar-refractivity contribution is 6.02. The van der Waals surface area contributed by atoms with Gasteiger partial charge in [-0.2, -0.15) is 4.99 Å². The highest BCUT2D eigenvalue weighted by Gasteiger charge is 2.17. The fourth-order valence-corrected chi connectivity index (χ4v) is 2.93. The van der Waals surface area contributed by atoms with Crippen molar-refractivity contribution in [1.29, 1.82) is 0 Å². The fraction of sp³-hybridized carbons (Fsp3) is 0.158. The zero-order chi connectivity index (χ0) is 16.4. The van der Waals surface area contributed by atoms with Crippen molar-refractivity contribution in [2.75, 3.05) is 0 Å². The molecule has 0 saturated carbocycles. The molecule has 0 bridgehead atoms. The number of fused-ring (bicyclic) bond motifs is 1. The number of hydrogen-bond donors (Lipinski definition) is 2. The number of aliphatic imine (C=N–C) groups is 1. The Morgan fingerprint density at radius 3 is 2.70 bits per heavy atom. The average Bonchev–Trinajstić information content (AvgIpc) is 2.53. The average molecular weight is 305 g/mol. The van der Waals surface area contributed by atoms with Gasteiger partial charge in [-0.1, -0.05) is 42.0 Å². The van der Waals surface area contributed by atoms with E-state index in [4.69, 9.17) is 11.5 Å². The van der Waals surface area contributed by atoms with Gasteiger partial charge in [-0.05, 0) is 54.2 Å². The predicted octanol–water partition coefficient (Wildman–Crippen LogP) is 2.79. The van der Waals surface area contributed by atoms with E-state index in [0.29, 0.717) is 5.56 Å². The number of nitrogens with two attached hydrogens (primary N) is 2. The van der Waals surface area contributed by atoms with Crippen LogP contribution >= 0.6 is 0 Å². The predicted molar refractivity (Wildman–Crippen MR) is 93.2 cm³/mol. The molecule has 1 aliphatic rings. The van der Waals surface area contributed by atoms with E-state index in [-0.39, 0.29) is 5.96 Å². The summed E-state index contributed by atoms with van der Waals surface area (Å²) in [6.45, 7) is 2.08. The Bertz CT molecular complexity index is 830. The maximum absolute atomic E-state index is 12.1. The second kappa shape index (κ2) is 6.08. The summed E-state index contributed by atoms with van der Waals surface area (Å²) in [5.74, 6) is -0.635. The van der Waals surface area contributed by atoms with E-state index in [2.05, 4.69) is 36.2 Å². The lowest BCUT2D eigenvalue weighted by atomic mass is 9.85. The van der Waals surface area contributed by atoms with Crippen LogP contribution in [-0.4, -0.2) is 11.9 Å². The van der Waals surface area contributed by atoms with Crippen molar-refractivity contribution in [2.45, 2.75) is 19.8 Å². The van der Waals surface area contributed by atoms with Crippen molar-refractivity contribution < 1.29 is 4.79 Å². The number of nitrogens with zero attached hydrogens (tertiary/aromatic N) is 1. The van der Waals surface area contributed by atoms with Crippen LogP contribution in [0.15, 0.2) is 53.5 Å². The maximum atomic E-state index is 12.1. The van der Waals surface area contributed by atoms with Crippen molar-refractivity contribution >= 4 is 17.4 Å². The molecule has 116 valence electrons. The number of rotatable bonds is 2. The zero-order valence-electron chi connectivity index (χ0n) is 13.0. The molecule has 0 unspecified atom stereocenters. The number of benzene rings is 2. The monoisotopic (exact) mass is 305 g/mol. The lowest BCUT2D eigenvalue weighted by Crippen LogP contribution is -2.24. The van der Waals surface area contributed by atoms with Gasteiger partial charge in [-0.25, -0.2) is 0 Å². The van der Waals surface area contributed by atoms with Crippen LogP contribution in [0.25, 0.3) is 5.57 Å². The highest BCUT2D eigenvalue weighted by atomic mass is 16.1. The molecule has 2 aromatic rings. The van der Waals surface area contributed by atoms with Crippen molar-refractivity contribution in [3.8, 4) is 0 Å². The van der Waals surface area contributed by atoms with E-state index in [1.165, 1.54) is 11.1 Å². The van der Waals surface area contributed by atoms with Crippen LogP contribution in [0.2, 0.25) is 0 Å². The third kappa shape index (κ3) is 3.16. The number of hydrogen-bond acceptors (Lipinski definition) is 1. The Labute approximate surface area is 135 Å². The van der Waals surface area contributed by atoms with E-state index < -0.39 is 5.91 Å². The number of allylic oxidation sites excluding steroid dienone is 1. The Hall–Kier alpha value is -2.88. The molecule has 23 heavy (non-hydrogen) atoms. The number of carbonyl (C=O) groups excluding carboxylic acids is 1. The standard InChI is InChI=1S/C19H19N3O/c1-12-4-2-6-14(10-12)16-7-3-5-13-8-9-15(11-17(13)16)18(23)22-19(20)21/h2,4,6-11H,3,5H2,1H3,(H4,20,21,22,23). The molecule has 4 heteroatoms. The molecule has 0 aliphatic heterocycles. The summed E-state index contributed by atoms with van der Waals surface area (Å²) in [4.78, 5) is 15.7. The molecule has 1 aliphatic carbocycles. The lowest BCUT2D eigenvalue weighted by Gasteiger charge is -2.19. The number of carbonyl (C=O) groups is 1. The Morgan fingerprint density at radius 2 is 1.96 bits per heavy atom. The minimum absolute atomic E-state index is 0.220. The molecule has 3 rings (SSSR count). The van der Waals surface area contributed by atoms with Gasteiger partial charge in [0.2, 0.25) is 0 Å². The molecule has 0 spiro atoms. The summed E-state index contributed by atoms with van der Waals surface area (Å²) < 4.78 is 0. The first-order valence-electron chi connectivity index (χ1n) is 7.59. The summed E-state index contributed by atoms with van der Waals surface area (Å²) >= 11 is 0. The number of aryl methyl sites for hydroxylation is 2. The first-order chi connectivity index (χ1) is 11.0. The van der Waals surface area contributed by atoms with Crippen LogP contribution in [0, 0.1) is 6.92 Å². The topological polar surface area (TPSA) is 81.5 Å². The molecule has 4 nitrogen and oxygen atoms in total. The second-order valence-corrected chi connectivity index (χ2v) is 5.74. The van der Waals surface area contributed by atoms with Gasteiger partial charge in [-0.3, -0.25) is 4.79 Å². The maximum Gasteiger partial charge on any atom is 0.280 e. The summed E-state index contributed by atoms with van der Waals surface area (Å²) in [7, 11) is 0. The molecule has 0 radical (unpaired) electrons. The molecular weight excluding hydrogens is 286 g/mol. The fourth-order valence-electron chi connectivity index (χ4n) is 2.93. The summed E-state index contributed by atoms with van der Waals surface area (Å²) in [5, 5.41) is 0. The Kier molecular flexibility index (Phi) is 3.98. The van der Waals surface area contributed by atoms with Gasteiger partial charge in [0, 0.05) is 5.56 Å². The van der Waals surface area contributed by atoms with Gasteiger partial charge >= 0.3 is 0 Å². The van der Waals surface area contributed by atoms with Gasteiger partial charge in [0.05, 0.1) is 0 Å².